The highest BCUT2D eigenvalue weighted by molar-refractivity contribution is 7.12. The lowest BCUT2D eigenvalue weighted by Gasteiger charge is -2.18. The summed E-state index contributed by atoms with van der Waals surface area (Å²) in [5.41, 5.74) is 4.79. The number of carboxylic acid groups (broad SMARTS) is 1. The molecule has 5 nitrogen and oxygen atoms in total. The third kappa shape index (κ3) is 2.73. The average molecular weight is 243 g/mol. The van der Waals surface area contributed by atoms with Gasteiger partial charge in [0.05, 0.1) is 11.1 Å². The highest BCUT2D eigenvalue weighted by Crippen LogP contribution is 2.22. The predicted molar refractivity (Wildman–Crippen MR) is 60.4 cm³/mol. The molecule has 0 amide bonds. The molecule has 88 valence electrons. The molecule has 3 N–H and O–H groups in total. The first-order valence-corrected chi connectivity index (χ1v) is 5.46. The van der Waals surface area contributed by atoms with Crippen molar-refractivity contribution in [3.8, 4) is 0 Å². The number of carboxylic acids is 1. The van der Waals surface area contributed by atoms with E-state index in [9.17, 15) is 9.59 Å². The maximum Gasteiger partial charge on any atom is 0.350 e. The third-order valence-electron chi connectivity index (χ3n) is 2.02. The fourth-order valence-corrected chi connectivity index (χ4v) is 1.57. The Kier molecular flexibility index (Phi) is 3.54. The normalized spacial score (nSPS) is 11.1. The molecule has 1 heterocycles. The number of aliphatic carboxylic acids is 1. The zero-order valence-electron chi connectivity index (χ0n) is 9.02. The van der Waals surface area contributed by atoms with Crippen molar-refractivity contribution in [2.75, 3.05) is 12.3 Å². The van der Waals surface area contributed by atoms with E-state index in [4.69, 9.17) is 15.6 Å². The summed E-state index contributed by atoms with van der Waals surface area (Å²) in [5.74, 6) is -1.60. The molecule has 0 spiro atoms. The molecule has 0 aliphatic carbocycles. The van der Waals surface area contributed by atoms with Crippen LogP contribution in [0.1, 0.15) is 23.5 Å². The van der Waals surface area contributed by atoms with Crippen molar-refractivity contribution in [3.63, 3.8) is 0 Å². The molecule has 0 saturated heterocycles. The van der Waals surface area contributed by atoms with Crippen molar-refractivity contribution >= 4 is 29.0 Å². The van der Waals surface area contributed by atoms with E-state index < -0.39 is 17.4 Å². The molecular formula is C10H13NO4S. The van der Waals surface area contributed by atoms with Crippen molar-refractivity contribution in [1.29, 1.82) is 0 Å². The van der Waals surface area contributed by atoms with Crippen LogP contribution in [0.4, 0.5) is 5.69 Å². The van der Waals surface area contributed by atoms with E-state index in [-0.39, 0.29) is 6.61 Å². The van der Waals surface area contributed by atoms with Crippen LogP contribution in [0, 0.1) is 5.41 Å². The molecule has 0 fully saturated rings. The van der Waals surface area contributed by atoms with Crippen molar-refractivity contribution in [2.24, 2.45) is 5.41 Å². The Morgan fingerprint density at radius 1 is 1.56 bits per heavy atom. The number of ether oxygens (including phenoxy) is 1. The second-order valence-electron chi connectivity index (χ2n) is 3.97. The molecule has 0 atom stereocenters. The molecule has 16 heavy (non-hydrogen) atoms. The minimum atomic E-state index is -1.10. The number of anilines is 1. The van der Waals surface area contributed by atoms with Crippen LogP contribution < -0.4 is 5.73 Å². The molecule has 6 heteroatoms. The fourth-order valence-electron chi connectivity index (χ4n) is 0.858. The molecule has 0 radical (unpaired) electrons. The smallest absolute Gasteiger partial charge is 0.350 e. The molecule has 0 aliphatic heterocycles. The molecule has 0 bridgehead atoms. The molecule has 1 aromatic heterocycles. The van der Waals surface area contributed by atoms with Gasteiger partial charge in [-0.1, -0.05) is 0 Å². The minimum absolute atomic E-state index is 0.182. The van der Waals surface area contributed by atoms with Gasteiger partial charge in [0.1, 0.15) is 11.5 Å². The van der Waals surface area contributed by atoms with Crippen LogP contribution in [0.15, 0.2) is 11.4 Å². The van der Waals surface area contributed by atoms with Crippen molar-refractivity contribution in [1.82, 2.24) is 0 Å². The summed E-state index contributed by atoms with van der Waals surface area (Å²) in [7, 11) is 0. The van der Waals surface area contributed by atoms with Gasteiger partial charge in [0.15, 0.2) is 0 Å². The summed E-state index contributed by atoms with van der Waals surface area (Å²) < 4.78 is 4.90. The second-order valence-corrected chi connectivity index (χ2v) is 4.89. The zero-order chi connectivity index (χ0) is 12.3. The quantitative estimate of drug-likeness (QED) is 0.784. The van der Waals surface area contributed by atoms with Gasteiger partial charge in [-0.15, -0.1) is 11.3 Å². The van der Waals surface area contributed by atoms with Crippen LogP contribution in [-0.4, -0.2) is 23.7 Å². The van der Waals surface area contributed by atoms with E-state index in [0.717, 1.165) is 0 Å². The number of carbonyl (C=O) groups excluding carboxylic acids is 1. The monoisotopic (exact) mass is 243 g/mol. The number of rotatable bonds is 4. The minimum Gasteiger partial charge on any atom is -0.481 e. The Labute approximate surface area is 96.8 Å². The van der Waals surface area contributed by atoms with Crippen LogP contribution in [0.25, 0.3) is 0 Å². The number of hydrogen-bond donors (Lipinski definition) is 2. The Morgan fingerprint density at radius 2 is 2.19 bits per heavy atom. The first-order chi connectivity index (χ1) is 7.34. The summed E-state index contributed by atoms with van der Waals surface area (Å²) >= 11 is 1.17. The Bertz CT molecular complexity index is 411. The SMILES string of the molecule is CC(C)(COC(=O)c1sccc1N)C(=O)O. The van der Waals surface area contributed by atoms with Gasteiger partial charge in [0.25, 0.3) is 0 Å². The van der Waals surface area contributed by atoms with Gasteiger partial charge in [-0.3, -0.25) is 4.79 Å². The number of nitrogens with two attached hydrogens (primary N) is 1. The van der Waals surface area contributed by atoms with E-state index in [1.165, 1.54) is 25.2 Å². The Hall–Kier alpha value is -1.56. The lowest BCUT2D eigenvalue weighted by molar-refractivity contribution is -0.149. The maximum atomic E-state index is 11.5. The highest BCUT2D eigenvalue weighted by Gasteiger charge is 2.29. The first kappa shape index (κ1) is 12.5. The summed E-state index contributed by atoms with van der Waals surface area (Å²) in [6.07, 6.45) is 0. The zero-order valence-corrected chi connectivity index (χ0v) is 9.84. The fraction of sp³-hybridized carbons (Fsp3) is 0.400. The number of thiophene rings is 1. The lowest BCUT2D eigenvalue weighted by Crippen LogP contribution is -2.30. The highest BCUT2D eigenvalue weighted by atomic mass is 32.1. The van der Waals surface area contributed by atoms with Crippen LogP contribution in [0.3, 0.4) is 0 Å². The van der Waals surface area contributed by atoms with Crippen LogP contribution in [-0.2, 0) is 9.53 Å². The maximum absolute atomic E-state index is 11.5. The van der Waals surface area contributed by atoms with Gasteiger partial charge in [-0.05, 0) is 25.3 Å². The van der Waals surface area contributed by atoms with Crippen molar-refractivity contribution in [2.45, 2.75) is 13.8 Å². The van der Waals surface area contributed by atoms with Gasteiger partial charge >= 0.3 is 11.9 Å². The van der Waals surface area contributed by atoms with E-state index in [1.807, 2.05) is 0 Å². The number of hydrogen-bond acceptors (Lipinski definition) is 5. The second kappa shape index (κ2) is 4.52. The summed E-state index contributed by atoms with van der Waals surface area (Å²) in [6.45, 7) is 2.79. The standard InChI is InChI=1S/C10H13NO4S/c1-10(2,9(13)14)5-15-8(12)7-6(11)3-4-16-7/h3-4H,5,11H2,1-2H3,(H,13,14). The van der Waals surface area contributed by atoms with Gasteiger partial charge < -0.3 is 15.6 Å². The van der Waals surface area contributed by atoms with E-state index >= 15 is 0 Å². The summed E-state index contributed by atoms with van der Waals surface area (Å²) in [5, 5.41) is 10.5. The lowest BCUT2D eigenvalue weighted by atomic mass is 9.95. The topological polar surface area (TPSA) is 89.6 Å². The van der Waals surface area contributed by atoms with Gasteiger partial charge in [-0.25, -0.2) is 4.79 Å². The molecule has 1 aromatic rings. The number of nitrogen functional groups attached to an aromatic ring is 1. The van der Waals surface area contributed by atoms with Gasteiger partial charge in [0.2, 0.25) is 0 Å². The molecule has 0 saturated carbocycles. The largest absolute Gasteiger partial charge is 0.481 e. The molecule has 0 aliphatic rings. The van der Waals surface area contributed by atoms with Gasteiger partial charge in [-0.2, -0.15) is 0 Å². The van der Waals surface area contributed by atoms with Crippen LogP contribution >= 0.6 is 11.3 Å². The van der Waals surface area contributed by atoms with Gasteiger partial charge in [0, 0.05) is 0 Å². The summed E-state index contributed by atoms with van der Waals surface area (Å²) in [6, 6.07) is 1.60. The predicted octanol–water partition coefficient (Wildman–Crippen LogP) is 1.60. The van der Waals surface area contributed by atoms with Crippen molar-refractivity contribution in [3.05, 3.63) is 16.3 Å². The number of carbonyl (C=O) groups is 2. The molecule has 0 aromatic carbocycles. The van der Waals surface area contributed by atoms with Crippen LogP contribution in [0.5, 0.6) is 0 Å². The average Bonchev–Trinajstić information content (AvgIpc) is 2.61. The van der Waals surface area contributed by atoms with Crippen LogP contribution in [0.2, 0.25) is 0 Å². The van der Waals surface area contributed by atoms with E-state index in [1.54, 1.807) is 11.4 Å². The first-order valence-electron chi connectivity index (χ1n) is 4.58. The van der Waals surface area contributed by atoms with E-state index in [2.05, 4.69) is 0 Å². The molecular weight excluding hydrogens is 230 g/mol. The molecule has 0 unspecified atom stereocenters. The third-order valence-corrected chi connectivity index (χ3v) is 2.93. The Balaban J connectivity index is 2.61. The van der Waals surface area contributed by atoms with Crippen molar-refractivity contribution < 1.29 is 19.4 Å². The van der Waals surface area contributed by atoms with E-state index in [0.29, 0.717) is 10.6 Å². The number of esters is 1. The Morgan fingerprint density at radius 3 is 2.62 bits per heavy atom. The molecule has 1 rings (SSSR count). The summed E-state index contributed by atoms with van der Waals surface area (Å²) in [4.78, 5) is 22.6.